The lowest BCUT2D eigenvalue weighted by Gasteiger charge is -2.46. The molecule has 0 saturated carbocycles. The Morgan fingerprint density at radius 2 is 1.74 bits per heavy atom. The van der Waals surface area contributed by atoms with E-state index in [4.69, 9.17) is 18.9 Å². The highest BCUT2D eigenvalue weighted by Gasteiger charge is 2.55. The fourth-order valence-electron chi connectivity index (χ4n) is 3.62. The van der Waals surface area contributed by atoms with Gasteiger partial charge in [0.05, 0.1) is 11.5 Å². The van der Waals surface area contributed by atoms with E-state index >= 15 is 0 Å². The highest BCUT2D eigenvalue weighted by atomic mass is 32.2. The summed E-state index contributed by atoms with van der Waals surface area (Å²) in [5, 5.41) is 13.5. The summed E-state index contributed by atoms with van der Waals surface area (Å²) in [6, 6.07) is 4.79. The molecule has 1 aromatic carbocycles. The lowest BCUT2D eigenvalue weighted by molar-refractivity contribution is -0.277. The van der Waals surface area contributed by atoms with Gasteiger partial charge >= 0.3 is 11.9 Å². The number of carbonyl (C=O) groups excluding carboxylic acids is 3. The lowest BCUT2D eigenvalue weighted by Crippen LogP contribution is -2.68. The van der Waals surface area contributed by atoms with Crippen molar-refractivity contribution in [3.05, 3.63) is 42.5 Å². The molecule has 0 aliphatic carbocycles. The minimum absolute atomic E-state index is 0.0842. The van der Waals surface area contributed by atoms with E-state index in [9.17, 15) is 27.9 Å². The number of esters is 2. The highest BCUT2D eigenvalue weighted by Crippen LogP contribution is 2.33. The summed E-state index contributed by atoms with van der Waals surface area (Å²) in [6.07, 6.45) is -4.79. The number of aliphatic hydroxyl groups excluding tert-OH is 1. The molecule has 6 atom stereocenters. The quantitative estimate of drug-likeness (QED) is 0.360. The van der Waals surface area contributed by atoms with Gasteiger partial charge in [-0.3, -0.25) is 14.4 Å². The molecule has 0 spiro atoms. The van der Waals surface area contributed by atoms with Gasteiger partial charge in [-0.1, -0.05) is 24.3 Å². The molecule has 1 amide bonds. The van der Waals surface area contributed by atoms with E-state index in [1.54, 1.807) is 19.1 Å². The third-order valence-corrected chi connectivity index (χ3v) is 6.91. The first-order valence-electron chi connectivity index (χ1n) is 10.4. The summed E-state index contributed by atoms with van der Waals surface area (Å²) in [5.41, 5.74) is -1.88. The van der Waals surface area contributed by atoms with E-state index in [-0.39, 0.29) is 11.5 Å². The van der Waals surface area contributed by atoms with E-state index in [0.29, 0.717) is 5.56 Å². The first-order valence-corrected chi connectivity index (χ1v) is 11.9. The van der Waals surface area contributed by atoms with Crippen molar-refractivity contribution in [1.82, 2.24) is 5.32 Å². The molecule has 1 aliphatic rings. The van der Waals surface area contributed by atoms with Crippen LogP contribution < -0.4 is 5.32 Å². The predicted molar refractivity (Wildman–Crippen MR) is 118 cm³/mol. The van der Waals surface area contributed by atoms with Crippen LogP contribution in [0.3, 0.4) is 0 Å². The topological polar surface area (TPSA) is 155 Å². The van der Waals surface area contributed by atoms with Crippen molar-refractivity contribution in [3.63, 3.8) is 0 Å². The van der Waals surface area contributed by atoms with Gasteiger partial charge in [0.2, 0.25) is 15.7 Å². The monoisotopic (exact) mass is 499 g/mol. The number of benzene rings is 1. The molecule has 1 unspecified atom stereocenters. The van der Waals surface area contributed by atoms with E-state index in [1.807, 2.05) is 0 Å². The molecule has 1 aliphatic heterocycles. The van der Waals surface area contributed by atoms with Gasteiger partial charge in [-0.05, 0) is 18.6 Å². The Morgan fingerprint density at radius 3 is 2.26 bits per heavy atom. The molecule has 12 heteroatoms. The Hall–Kier alpha value is -2.80. The molecular formula is C22H29NO10S. The van der Waals surface area contributed by atoms with E-state index in [1.165, 1.54) is 25.1 Å². The van der Waals surface area contributed by atoms with Crippen LogP contribution in [0.25, 0.3) is 0 Å². The second kappa shape index (κ2) is 11.6. The number of nitrogens with one attached hydrogen (secondary N) is 1. The summed E-state index contributed by atoms with van der Waals surface area (Å²) >= 11 is 0. The zero-order valence-electron chi connectivity index (χ0n) is 19.3. The smallest absolute Gasteiger partial charge is 0.303 e. The Balaban J connectivity index is 2.61. The zero-order valence-corrected chi connectivity index (χ0v) is 20.1. The van der Waals surface area contributed by atoms with Crippen LogP contribution in [0.2, 0.25) is 0 Å². The Morgan fingerprint density at radius 1 is 1.15 bits per heavy atom. The fourth-order valence-corrected chi connectivity index (χ4v) is 5.24. The maximum absolute atomic E-state index is 13.3. The van der Waals surface area contributed by atoms with Crippen molar-refractivity contribution >= 4 is 27.7 Å². The largest absolute Gasteiger partial charge is 0.456 e. The summed E-state index contributed by atoms with van der Waals surface area (Å²) in [5.74, 6) is -2.22. The van der Waals surface area contributed by atoms with Gasteiger partial charge in [-0.2, -0.15) is 0 Å². The molecule has 2 rings (SSSR count). The standard InChI is InChI=1S/C22H29NO10S/c1-6-11-30-22-17(23-13(3)24)18(31-14(4)25)19(32-15(5)26)20(33-22)21(27)34(28,29)16-10-8-7-9-12(16)2/h6-10,17-22,27H,1,11H2,2-5H3,(H,23,24)/t17-,18+,19-,20-,21?,22-/m0/s1. The summed E-state index contributed by atoms with van der Waals surface area (Å²) in [4.78, 5) is 35.5. The normalized spacial score (nSPS) is 25.6. The van der Waals surface area contributed by atoms with Crippen LogP contribution in [0.15, 0.2) is 41.8 Å². The number of aliphatic hydroxyl groups is 1. The van der Waals surface area contributed by atoms with Gasteiger partial charge in [-0.15, -0.1) is 6.58 Å². The second-order valence-electron chi connectivity index (χ2n) is 7.67. The second-order valence-corrected chi connectivity index (χ2v) is 9.68. The summed E-state index contributed by atoms with van der Waals surface area (Å²) in [6.45, 7) is 8.33. The van der Waals surface area contributed by atoms with Crippen molar-refractivity contribution in [1.29, 1.82) is 0 Å². The molecule has 2 N–H and O–H groups in total. The van der Waals surface area contributed by atoms with Crippen LogP contribution in [0.1, 0.15) is 26.3 Å². The molecule has 0 bridgehead atoms. The number of hydrogen-bond acceptors (Lipinski definition) is 10. The third-order valence-electron chi connectivity index (χ3n) is 4.94. The molecule has 188 valence electrons. The Bertz CT molecular complexity index is 1020. The number of rotatable bonds is 9. The van der Waals surface area contributed by atoms with Gasteiger partial charge in [0.1, 0.15) is 12.1 Å². The number of sulfone groups is 1. The predicted octanol–water partition coefficient (Wildman–Crippen LogP) is 0.383. The van der Waals surface area contributed by atoms with Gasteiger partial charge < -0.3 is 29.4 Å². The van der Waals surface area contributed by atoms with Crippen LogP contribution in [-0.4, -0.2) is 74.1 Å². The van der Waals surface area contributed by atoms with Crippen LogP contribution in [0.5, 0.6) is 0 Å². The number of hydrogen-bond donors (Lipinski definition) is 2. The maximum atomic E-state index is 13.3. The van der Waals surface area contributed by atoms with Crippen LogP contribution in [0, 0.1) is 6.92 Å². The van der Waals surface area contributed by atoms with Crippen LogP contribution in [0.4, 0.5) is 0 Å². The fraction of sp³-hybridized carbons (Fsp3) is 0.500. The lowest BCUT2D eigenvalue weighted by atomic mass is 9.96. The van der Waals surface area contributed by atoms with Gasteiger partial charge in [0.15, 0.2) is 23.9 Å². The number of aryl methyl sites for hydroxylation is 1. The Kier molecular flexibility index (Phi) is 9.33. The number of carbonyl (C=O) groups is 3. The van der Waals surface area contributed by atoms with Crippen molar-refractivity contribution in [2.45, 2.75) is 68.7 Å². The van der Waals surface area contributed by atoms with Crippen molar-refractivity contribution in [2.24, 2.45) is 0 Å². The van der Waals surface area contributed by atoms with E-state index in [2.05, 4.69) is 11.9 Å². The average molecular weight is 500 g/mol. The molecule has 1 heterocycles. The summed E-state index contributed by atoms with van der Waals surface area (Å²) < 4.78 is 48.5. The maximum Gasteiger partial charge on any atom is 0.303 e. The number of ether oxygens (including phenoxy) is 4. The van der Waals surface area contributed by atoms with Gasteiger partial charge in [0.25, 0.3) is 0 Å². The van der Waals surface area contributed by atoms with Gasteiger partial charge in [0, 0.05) is 20.8 Å². The summed E-state index contributed by atoms with van der Waals surface area (Å²) in [7, 11) is -4.44. The molecule has 0 aromatic heterocycles. The molecule has 11 nitrogen and oxygen atoms in total. The van der Waals surface area contributed by atoms with Crippen LogP contribution >= 0.6 is 0 Å². The molecular weight excluding hydrogens is 470 g/mol. The molecule has 1 fully saturated rings. The van der Waals surface area contributed by atoms with Crippen LogP contribution in [-0.2, 0) is 43.2 Å². The first-order chi connectivity index (χ1) is 15.9. The van der Waals surface area contributed by atoms with Crippen molar-refractivity contribution in [2.75, 3.05) is 6.61 Å². The van der Waals surface area contributed by atoms with Crippen molar-refractivity contribution in [3.8, 4) is 0 Å². The molecule has 34 heavy (non-hydrogen) atoms. The molecule has 1 saturated heterocycles. The highest BCUT2D eigenvalue weighted by molar-refractivity contribution is 7.92. The molecule has 0 radical (unpaired) electrons. The third kappa shape index (κ3) is 6.41. The SMILES string of the molecule is C=CCO[C@H]1O[C@H](C(O)S(=O)(=O)c2ccccc2C)[C@@H](OC(C)=O)[C@H](OC(C)=O)[C@@H]1NC(C)=O. The minimum atomic E-state index is -4.44. The zero-order chi connectivity index (χ0) is 25.6. The van der Waals surface area contributed by atoms with Crippen molar-refractivity contribution < 1.29 is 46.9 Å². The minimum Gasteiger partial charge on any atom is -0.456 e. The molecule has 1 aromatic rings. The van der Waals surface area contributed by atoms with E-state index < -0.39 is 63.8 Å². The number of amides is 1. The van der Waals surface area contributed by atoms with E-state index in [0.717, 1.165) is 13.8 Å². The van der Waals surface area contributed by atoms with Gasteiger partial charge in [-0.25, -0.2) is 8.42 Å². The average Bonchev–Trinajstić information content (AvgIpc) is 2.74. The Labute approximate surface area is 197 Å². The first kappa shape index (κ1) is 27.4.